The van der Waals surface area contributed by atoms with Crippen molar-refractivity contribution in [2.24, 2.45) is 0 Å². The highest BCUT2D eigenvalue weighted by Gasteiger charge is 2.06. The van der Waals surface area contributed by atoms with Crippen LogP contribution in [-0.2, 0) is 0 Å². The van der Waals surface area contributed by atoms with Gasteiger partial charge in [-0.25, -0.2) is 0 Å². The first-order valence-electron chi connectivity index (χ1n) is 4.93. The van der Waals surface area contributed by atoms with Crippen LogP contribution in [-0.4, -0.2) is 0 Å². The predicted octanol–water partition coefficient (Wildman–Crippen LogP) is 4.40. The van der Waals surface area contributed by atoms with Crippen LogP contribution in [0.3, 0.4) is 0 Å². The van der Waals surface area contributed by atoms with Crippen molar-refractivity contribution in [3.8, 4) is 0 Å². The van der Waals surface area contributed by atoms with Crippen LogP contribution in [0.1, 0.15) is 37.8 Å². The summed E-state index contributed by atoms with van der Waals surface area (Å²) in [6.45, 7) is 14.2. The van der Waals surface area contributed by atoms with Gasteiger partial charge in [0.25, 0.3) is 0 Å². The molecule has 0 heteroatoms. The molecule has 0 saturated carbocycles. The van der Waals surface area contributed by atoms with Gasteiger partial charge in [-0.05, 0) is 25.0 Å². The molecule has 0 aliphatic carbocycles. The Morgan fingerprint density at radius 3 is 2.36 bits per heavy atom. The third-order valence-electron chi connectivity index (χ3n) is 2.62. The monoisotopic (exact) mass is 186 g/mol. The Bertz CT molecular complexity index is 358. The lowest BCUT2D eigenvalue weighted by molar-refractivity contribution is 0.898. The highest BCUT2D eigenvalue weighted by atomic mass is 14.1. The van der Waals surface area contributed by atoms with Crippen LogP contribution in [0.15, 0.2) is 43.0 Å². The van der Waals surface area contributed by atoms with Crippen molar-refractivity contribution in [3.05, 3.63) is 54.1 Å². The lowest BCUT2D eigenvalue weighted by Gasteiger charge is -2.12. The van der Waals surface area contributed by atoms with Crippen molar-refractivity contribution in [3.63, 3.8) is 0 Å². The average Bonchev–Trinajstić information content (AvgIpc) is 2.16. The predicted molar refractivity (Wildman–Crippen MR) is 64.4 cm³/mol. The first-order valence-corrected chi connectivity index (χ1v) is 4.93. The highest BCUT2D eigenvalue weighted by Crippen LogP contribution is 2.24. The largest absolute Gasteiger partial charge is 0.0995 e. The molecule has 14 heavy (non-hydrogen) atoms. The number of rotatable bonds is 3. The Kier molecular flexibility index (Phi) is 3.29. The second-order valence-corrected chi connectivity index (χ2v) is 3.97. The third-order valence-corrected chi connectivity index (χ3v) is 2.62. The van der Waals surface area contributed by atoms with Crippen LogP contribution < -0.4 is 0 Å². The van der Waals surface area contributed by atoms with E-state index in [1.54, 1.807) is 0 Å². The zero-order chi connectivity index (χ0) is 10.7. The third kappa shape index (κ3) is 2.35. The van der Waals surface area contributed by atoms with Gasteiger partial charge in [-0.1, -0.05) is 55.5 Å². The van der Waals surface area contributed by atoms with E-state index >= 15 is 0 Å². The molecule has 0 heterocycles. The van der Waals surface area contributed by atoms with Crippen LogP contribution in [0.5, 0.6) is 0 Å². The van der Waals surface area contributed by atoms with E-state index in [1.165, 1.54) is 16.7 Å². The fraction of sp³-hybridized carbons (Fsp3) is 0.286. The van der Waals surface area contributed by atoms with E-state index in [-0.39, 0.29) is 0 Å². The Morgan fingerprint density at radius 1 is 1.21 bits per heavy atom. The van der Waals surface area contributed by atoms with Crippen LogP contribution in [0.4, 0.5) is 0 Å². The molecule has 1 aromatic carbocycles. The Hall–Kier alpha value is -1.30. The second kappa shape index (κ2) is 4.28. The molecule has 1 aromatic rings. The van der Waals surface area contributed by atoms with Crippen molar-refractivity contribution >= 4 is 5.57 Å². The van der Waals surface area contributed by atoms with Crippen molar-refractivity contribution in [2.45, 2.75) is 26.7 Å². The summed E-state index contributed by atoms with van der Waals surface area (Å²) in [4.78, 5) is 0. The number of hydrogen-bond donors (Lipinski definition) is 0. The second-order valence-electron chi connectivity index (χ2n) is 3.97. The van der Waals surface area contributed by atoms with Crippen molar-refractivity contribution in [2.75, 3.05) is 0 Å². The molecular formula is C14H18. The van der Waals surface area contributed by atoms with E-state index in [9.17, 15) is 0 Å². The summed E-state index contributed by atoms with van der Waals surface area (Å²) in [7, 11) is 0. The fourth-order valence-corrected chi connectivity index (χ4v) is 1.36. The minimum atomic E-state index is 0.425. The topological polar surface area (TPSA) is 0 Å². The first-order chi connectivity index (χ1) is 6.52. The Balaban J connectivity index is 3.05. The zero-order valence-electron chi connectivity index (χ0n) is 9.30. The maximum atomic E-state index is 3.98. The van der Waals surface area contributed by atoms with E-state index in [4.69, 9.17) is 0 Å². The molecule has 0 amide bonds. The molecule has 1 unspecified atom stereocenters. The van der Waals surface area contributed by atoms with E-state index in [1.807, 2.05) is 6.92 Å². The number of allylic oxidation sites excluding steroid dienone is 2. The molecule has 0 spiro atoms. The van der Waals surface area contributed by atoms with Gasteiger partial charge in [0.2, 0.25) is 0 Å². The van der Waals surface area contributed by atoms with Crippen LogP contribution in [0.2, 0.25) is 0 Å². The van der Waals surface area contributed by atoms with Crippen LogP contribution in [0.25, 0.3) is 5.57 Å². The first kappa shape index (κ1) is 10.8. The highest BCUT2D eigenvalue weighted by molar-refractivity contribution is 5.62. The van der Waals surface area contributed by atoms with Crippen molar-refractivity contribution in [1.29, 1.82) is 0 Å². The van der Waals surface area contributed by atoms with E-state index in [0.717, 1.165) is 5.57 Å². The zero-order valence-corrected chi connectivity index (χ0v) is 9.30. The van der Waals surface area contributed by atoms with Gasteiger partial charge in [0.1, 0.15) is 0 Å². The molecule has 0 N–H and O–H groups in total. The maximum Gasteiger partial charge on any atom is 0.00145 e. The van der Waals surface area contributed by atoms with Crippen molar-refractivity contribution < 1.29 is 0 Å². The molecule has 1 rings (SSSR count). The average molecular weight is 186 g/mol. The molecule has 1 atom stereocenters. The fourth-order valence-electron chi connectivity index (χ4n) is 1.36. The molecule has 0 saturated heterocycles. The summed E-state index contributed by atoms with van der Waals surface area (Å²) < 4.78 is 0. The summed E-state index contributed by atoms with van der Waals surface area (Å²) in [6.07, 6.45) is 0. The molecule has 0 nitrogen and oxygen atoms in total. The summed E-state index contributed by atoms with van der Waals surface area (Å²) >= 11 is 0. The van der Waals surface area contributed by atoms with Crippen LogP contribution >= 0.6 is 0 Å². The van der Waals surface area contributed by atoms with Gasteiger partial charge in [0.15, 0.2) is 0 Å². The lowest BCUT2D eigenvalue weighted by atomic mass is 9.93. The van der Waals surface area contributed by atoms with Crippen LogP contribution in [0, 0.1) is 0 Å². The number of benzene rings is 1. The molecule has 0 aromatic heterocycles. The molecule has 74 valence electrons. The quantitative estimate of drug-likeness (QED) is 0.614. The summed E-state index contributed by atoms with van der Waals surface area (Å²) in [5.41, 5.74) is 4.85. The van der Waals surface area contributed by atoms with Gasteiger partial charge in [-0.3, -0.25) is 0 Å². The van der Waals surface area contributed by atoms with Crippen molar-refractivity contribution in [1.82, 2.24) is 0 Å². The standard InChI is InChI=1S/C14H18/c1-10(2)12(5)14-8-6-7-13(9-14)11(3)4/h6-9,12H,1,3H2,2,4-5H3. The van der Waals surface area contributed by atoms with Gasteiger partial charge in [-0.2, -0.15) is 0 Å². The van der Waals surface area contributed by atoms with E-state index in [2.05, 4.69) is 51.3 Å². The summed E-state index contributed by atoms with van der Waals surface area (Å²) in [6, 6.07) is 8.52. The maximum absolute atomic E-state index is 3.98. The van der Waals surface area contributed by atoms with E-state index < -0.39 is 0 Å². The minimum absolute atomic E-state index is 0.425. The number of hydrogen-bond acceptors (Lipinski definition) is 0. The molecule has 0 radical (unpaired) electrons. The smallest absolute Gasteiger partial charge is 0.00145 e. The van der Waals surface area contributed by atoms with Gasteiger partial charge in [-0.15, -0.1) is 0 Å². The van der Waals surface area contributed by atoms with Gasteiger partial charge >= 0.3 is 0 Å². The van der Waals surface area contributed by atoms with Gasteiger partial charge < -0.3 is 0 Å². The van der Waals surface area contributed by atoms with E-state index in [0.29, 0.717) is 5.92 Å². The van der Waals surface area contributed by atoms with Gasteiger partial charge in [0, 0.05) is 5.92 Å². The lowest BCUT2D eigenvalue weighted by Crippen LogP contribution is -1.94. The summed E-state index contributed by atoms with van der Waals surface area (Å²) in [5, 5.41) is 0. The molecular weight excluding hydrogens is 168 g/mol. The SMILES string of the molecule is C=C(C)c1cccc(C(C)C(=C)C)c1. The minimum Gasteiger partial charge on any atom is -0.0995 e. The molecule has 0 fully saturated rings. The molecule has 0 aliphatic rings. The molecule has 0 aliphatic heterocycles. The Labute approximate surface area is 87.0 Å². The van der Waals surface area contributed by atoms with Gasteiger partial charge in [0.05, 0.1) is 0 Å². The normalized spacial score (nSPS) is 12.2. The summed E-state index contributed by atoms with van der Waals surface area (Å²) in [5.74, 6) is 0.425. The molecule has 0 bridgehead atoms. The Morgan fingerprint density at radius 2 is 1.86 bits per heavy atom.